The van der Waals surface area contributed by atoms with Gasteiger partial charge < -0.3 is 25.8 Å². The molecule has 1 aromatic heterocycles. The van der Waals surface area contributed by atoms with Crippen LogP contribution in [-0.2, 0) is 32.0 Å². The van der Waals surface area contributed by atoms with Gasteiger partial charge in [0, 0.05) is 24.3 Å². The number of aryl methyl sites for hydroxylation is 2. The highest BCUT2D eigenvalue weighted by molar-refractivity contribution is 5.99. The van der Waals surface area contributed by atoms with E-state index in [0.717, 1.165) is 5.56 Å². The van der Waals surface area contributed by atoms with Crippen molar-refractivity contribution in [1.29, 1.82) is 0 Å². The van der Waals surface area contributed by atoms with Crippen molar-refractivity contribution in [3.8, 4) is 0 Å². The molecule has 0 aliphatic rings. The molecule has 0 aliphatic heterocycles. The molecule has 1 atom stereocenters. The van der Waals surface area contributed by atoms with Crippen LogP contribution < -0.4 is 16.0 Å². The number of amides is 2. The number of carbonyl (C=O) groups is 4. The molecule has 0 radical (unpaired) electrons. The first kappa shape index (κ1) is 30.3. The number of hydrogen-bond acceptors (Lipinski definition) is 7. The molecular weight excluding hydrogens is 488 g/mol. The van der Waals surface area contributed by atoms with Gasteiger partial charge in [-0.2, -0.15) is 0 Å². The van der Waals surface area contributed by atoms with Crippen molar-refractivity contribution in [2.24, 2.45) is 0 Å². The Morgan fingerprint density at radius 3 is 2.45 bits per heavy atom. The molecule has 0 unspecified atom stereocenters. The van der Waals surface area contributed by atoms with Crippen LogP contribution in [0, 0.1) is 0 Å². The Morgan fingerprint density at radius 2 is 1.82 bits per heavy atom. The molecule has 0 fully saturated rings. The zero-order valence-electron chi connectivity index (χ0n) is 22.7. The number of nitrogen functional groups attached to an aromatic ring is 1. The highest BCUT2D eigenvalue weighted by atomic mass is 16.6. The van der Waals surface area contributed by atoms with Crippen LogP contribution in [0.15, 0.2) is 36.5 Å². The summed E-state index contributed by atoms with van der Waals surface area (Å²) in [4.78, 5) is 55.0. The minimum Gasteiger partial charge on any atom is -0.481 e. The van der Waals surface area contributed by atoms with E-state index in [2.05, 4.69) is 10.3 Å². The fourth-order valence-corrected chi connectivity index (χ4v) is 3.94. The van der Waals surface area contributed by atoms with Crippen LogP contribution in [0.4, 0.5) is 11.4 Å². The number of carboxylic acids is 1. The zero-order valence-corrected chi connectivity index (χ0v) is 22.7. The third-order valence-electron chi connectivity index (χ3n) is 5.66. The molecule has 4 N–H and O–H groups in total. The number of nitrogens with two attached hydrogens (primary N) is 1. The lowest BCUT2D eigenvalue weighted by Gasteiger charge is -2.25. The van der Waals surface area contributed by atoms with Crippen LogP contribution >= 0.6 is 0 Å². The predicted molar refractivity (Wildman–Crippen MR) is 145 cm³/mol. The summed E-state index contributed by atoms with van der Waals surface area (Å²) < 4.78 is 5.38. The largest absolute Gasteiger partial charge is 0.481 e. The average Bonchev–Trinajstić information content (AvgIpc) is 2.81. The Labute approximate surface area is 223 Å². The first-order valence-electron chi connectivity index (χ1n) is 12.7. The van der Waals surface area contributed by atoms with E-state index in [1.54, 1.807) is 45.9 Å². The Kier molecular flexibility index (Phi) is 10.8. The monoisotopic (exact) mass is 526 g/mol. The maximum Gasteiger partial charge on any atom is 0.359 e. The summed E-state index contributed by atoms with van der Waals surface area (Å²) >= 11 is 0. The maximum atomic E-state index is 13.4. The number of rotatable bonds is 12. The van der Waals surface area contributed by atoms with Gasteiger partial charge in [0.2, 0.25) is 11.8 Å². The second-order valence-electron chi connectivity index (χ2n) is 10.1. The standard InChI is InChI=1S/C28H38N4O6/c1-6-19-10-7-8-12-21(19)32(17-22(33)31-18(2)16-24(35)36)23(34)13-9-11-20-14-15-30-26(25(20)29)27(37)38-28(3,4)5/h7-8,10,12,14-15,18H,6,9,11,13,16-17,29H2,1-5H3,(H,31,33)(H,35,36)/t18-/m1/s1. The van der Waals surface area contributed by atoms with Crippen molar-refractivity contribution < 1.29 is 29.0 Å². The molecule has 0 spiro atoms. The number of carboxylic acid groups (broad SMARTS) is 1. The lowest BCUT2D eigenvalue weighted by Crippen LogP contribution is -2.44. The van der Waals surface area contributed by atoms with E-state index in [1.807, 2.05) is 19.1 Å². The van der Waals surface area contributed by atoms with Crippen molar-refractivity contribution >= 4 is 35.1 Å². The van der Waals surface area contributed by atoms with Crippen LogP contribution in [-0.4, -0.2) is 52.0 Å². The second-order valence-corrected chi connectivity index (χ2v) is 10.1. The molecule has 0 aliphatic carbocycles. The molecule has 2 aromatic rings. The Hall–Kier alpha value is -3.95. The van der Waals surface area contributed by atoms with E-state index in [-0.39, 0.29) is 36.7 Å². The zero-order chi connectivity index (χ0) is 28.5. The number of anilines is 2. The first-order valence-corrected chi connectivity index (χ1v) is 12.7. The van der Waals surface area contributed by atoms with E-state index >= 15 is 0 Å². The van der Waals surface area contributed by atoms with Crippen LogP contribution in [0.2, 0.25) is 0 Å². The fourth-order valence-electron chi connectivity index (χ4n) is 3.94. The minimum atomic E-state index is -1.02. The number of para-hydroxylation sites is 1. The van der Waals surface area contributed by atoms with Gasteiger partial charge in [-0.25, -0.2) is 9.78 Å². The lowest BCUT2D eigenvalue weighted by atomic mass is 10.0. The predicted octanol–water partition coefficient (Wildman–Crippen LogP) is 3.52. The molecule has 38 heavy (non-hydrogen) atoms. The number of ether oxygens (including phenoxy) is 1. The quantitative estimate of drug-likeness (QED) is 0.355. The minimum absolute atomic E-state index is 0.0365. The van der Waals surface area contributed by atoms with E-state index in [4.69, 9.17) is 15.6 Å². The molecule has 10 nitrogen and oxygen atoms in total. The molecule has 206 valence electrons. The highest BCUT2D eigenvalue weighted by Crippen LogP contribution is 2.24. The van der Waals surface area contributed by atoms with Crippen LogP contribution in [0.1, 0.15) is 75.5 Å². The van der Waals surface area contributed by atoms with Crippen molar-refractivity contribution in [3.05, 3.63) is 53.3 Å². The third kappa shape index (κ3) is 9.17. The van der Waals surface area contributed by atoms with Crippen molar-refractivity contribution in [3.63, 3.8) is 0 Å². The second kappa shape index (κ2) is 13.6. The van der Waals surface area contributed by atoms with Gasteiger partial charge in [-0.1, -0.05) is 25.1 Å². The number of nitrogens with zero attached hydrogens (tertiary/aromatic N) is 2. The summed E-state index contributed by atoms with van der Waals surface area (Å²) in [7, 11) is 0. The van der Waals surface area contributed by atoms with E-state index in [0.29, 0.717) is 30.5 Å². The van der Waals surface area contributed by atoms with Gasteiger partial charge in [0.1, 0.15) is 12.1 Å². The first-order chi connectivity index (χ1) is 17.8. The van der Waals surface area contributed by atoms with Gasteiger partial charge in [-0.15, -0.1) is 0 Å². The SMILES string of the molecule is CCc1ccccc1N(CC(=O)N[C@H](C)CC(=O)O)C(=O)CCCc1ccnc(C(=O)OC(C)(C)C)c1N. The fraction of sp³-hybridized carbons (Fsp3) is 0.464. The summed E-state index contributed by atoms with van der Waals surface area (Å²) in [5.41, 5.74) is 7.99. The van der Waals surface area contributed by atoms with Crippen molar-refractivity contribution in [2.75, 3.05) is 17.2 Å². The number of aliphatic carboxylic acids is 1. The molecule has 2 amide bonds. The number of aromatic nitrogens is 1. The van der Waals surface area contributed by atoms with E-state index in [9.17, 15) is 19.2 Å². The Bertz CT molecular complexity index is 1160. The number of nitrogens with one attached hydrogen (secondary N) is 1. The molecule has 0 saturated heterocycles. The van der Waals surface area contributed by atoms with Crippen LogP contribution in [0.3, 0.4) is 0 Å². The van der Waals surface area contributed by atoms with Crippen molar-refractivity contribution in [2.45, 2.75) is 78.4 Å². The van der Waals surface area contributed by atoms with Crippen LogP contribution in [0.5, 0.6) is 0 Å². The van der Waals surface area contributed by atoms with Gasteiger partial charge in [0.05, 0.1) is 12.1 Å². The molecule has 10 heteroatoms. The summed E-state index contributed by atoms with van der Waals surface area (Å²) in [6.45, 7) is 8.60. The van der Waals surface area contributed by atoms with E-state index < -0.39 is 29.5 Å². The Morgan fingerprint density at radius 1 is 1.13 bits per heavy atom. The van der Waals surface area contributed by atoms with E-state index in [1.165, 1.54) is 11.1 Å². The van der Waals surface area contributed by atoms with Gasteiger partial charge in [0.15, 0.2) is 5.69 Å². The number of benzene rings is 1. The summed E-state index contributed by atoms with van der Waals surface area (Å²) in [6.07, 6.45) is 2.89. The van der Waals surface area contributed by atoms with Gasteiger partial charge in [0.25, 0.3) is 0 Å². The number of carbonyl (C=O) groups excluding carboxylic acids is 3. The number of pyridine rings is 1. The number of esters is 1. The summed E-state index contributed by atoms with van der Waals surface area (Å²) in [5, 5.41) is 11.6. The lowest BCUT2D eigenvalue weighted by molar-refractivity contribution is -0.137. The highest BCUT2D eigenvalue weighted by Gasteiger charge is 2.24. The smallest absolute Gasteiger partial charge is 0.359 e. The summed E-state index contributed by atoms with van der Waals surface area (Å²) in [6, 6.07) is 8.49. The molecular formula is C28H38N4O6. The maximum absolute atomic E-state index is 13.4. The van der Waals surface area contributed by atoms with Crippen LogP contribution in [0.25, 0.3) is 0 Å². The molecule has 0 bridgehead atoms. The molecule has 1 heterocycles. The molecule has 2 rings (SSSR count). The topological polar surface area (TPSA) is 152 Å². The third-order valence-corrected chi connectivity index (χ3v) is 5.66. The van der Waals surface area contributed by atoms with Crippen molar-refractivity contribution in [1.82, 2.24) is 10.3 Å². The molecule has 0 saturated carbocycles. The normalized spacial score (nSPS) is 11.9. The van der Waals surface area contributed by atoms with Gasteiger partial charge in [-0.3, -0.25) is 14.4 Å². The average molecular weight is 527 g/mol. The number of hydrogen-bond donors (Lipinski definition) is 3. The Balaban J connectivity index is 2.15. The van der Waals surface area contributed by atoms with Gasteiger partial charge in [-0.05, 0) is 70.2 Å². The molecule has 1 aromatic carbocycles. The van der Waals surface area contributed by atoms with Gasteiger partial charge >= 0.3 is 11.9 Å². The summed E-state index contributed by atoms with van der Waals surface area (Å²) in [5.74, 6) is -2.34.